The van der Waals surface area contributed by atoms with Gasteiger partial charge in [0.25, 0.3) is 5.56 Å². The van der Waals surface area contributed by atoms with Gasteiger partial charge < -0.3 is 4.74 Å². The lowest BCUT2D eigenvalue weighted by atomic mass is 10.3. The number of hydrogen-bond donors (Lipinski definition) is 0. The predicted octanol–water partition coefficient (Wildman–Crippen LogP) is 1.61. The average Bonchev–Trinajstić information content (AvgIpc) is 2.35. The highest BCUT2D eigenvalue weighted by atomic mass is 16.5. The second kappa shape index (κ2) is 6.83. The summed E-state index contributed by atoms with van der Waals surface area (Å²) >= 11 is 0. The molecule has 0 fully saturated rings. The molecule has 0 radical (unpaired) electrons. The maximum Gasteiger partial charge on any atom is 0.358 e. The lowest BCUT2D eigenvalue weighted by molar-refractivity contribution is 0.0495. The summed E-state index contributed by atoms with van der Waals surface area (Å²) in [4.78, 5) is 23.0. The van der Waals surface area contributed by atoms with Crippen molar-refractivity contribution in [2.75, 3.05) is 6.61 Å². The Balaban J connectivity index is 2.80. The third-order valence-electron chi connectivity index (χ3n) is 2.24. The largest absolute Gasteiger partial charge is 0.461 e. The zero-order valence-corrected chi connectivity index (χ0v) is 10.3. The van der Waals surface area contributed by atoms with Gasteiger partial charge in [0.1, 0.15) is 0 Å². The molecular formula is C12H18N2O3. The van der Waals surface area contributed by atoms with Crippen LogP contribution in [0.1, 0.15) is 43.6 Å². The standard InChI is InChI=1S/C12H18N2O3/c1-3-5-8-14-11(15)7-6-10(13-14)12(16)17-9-4-2/h6-7H,3-5,8-9H2,1-2H3. The minimum atomic E-state index is -0.475. The number of carbonyl (C=O) groups is 1. The van der Waals surface area contributed by atoms with Crippen molar-refractivity contribution in [3.05, 3.63) is 28.2 Å². The fourth-order valence-corrected chi connectivity index (χ4v) is 1.29. The average molecular weight is 238 g/mol. The van der Waals surface area contributed by atoms with Gasteiger partial charge in [-0.3, -0.25) is 4.79 Å². The molecule has 1 heterocycles. The van der Waals surface area contributed by atoms with Crippen LogP contribution in [0.2, 0.25) is 0 Å². The maximum absolute atomic E-state index is 11.5. The summed E-state index contributed by atoms with van der Waals surface area (Å²) in [6.45, 7) is 4.85. The molecule has 5 heteroatoms. The van der Waals surface area contributed by atoms with Crippen LogP contribution < -0.4 is 5.56 Å². The first-order chi connectivity index (χ1) is 8.19. The van der Waals surface area contributed by atoms with Crippen LogP contribution in [0.15, 0.2) is 16.9 Å². The molecule has 5 nitrogen and oxygen atoms in total. The SMILES string of the molecule is CCCCn1nc(C(=O)OCCC)ccc1=O. The minimum absolute atomic E-state index is 0.189. The number of ether oxygens (including phenoxy) is 1. The molecule has 0 N–H and O–H groups in total. The monoisotopic (exact) mass is 238 g/mol. The first-order valence-corrected chi connectivity index (χ1v) is 5.94. The van der Waals surface area contributed by atoms with E-state index in [0.717, 1.165) is 19.3 Å². The minimum Gasteiger partial charge on any atom is -0.461 e. The third kappa shape index (κ3) is 4.01. The Morgan fingerprint density at radius 2 is 2.12 bits per heavy atom. The van der Waals surface area contributed by atoms with Crippen molar-refractivity contribution >= 4 is 5.97 Å². The molecule has 1 aromatic heterocycles. The number of aryl methyl sites for hydroxylation is 1. The molecule has 1 aromatic rings. The van der Waals surface area contributed by atoms with Crippen LogP contribution >= 0.6 is 0 Å². The molecule has 94 valence electrons. The molecule has 0 atom stereocenters. The molecule has 0 bridgehead atoms. The van der Waals surface area contributed by atoms with E-state index < -0.39 is 5.97 Å². The van der Waals surface area contributed by atoms with Gasteiger partial charge >= 0.3 is 5.97 Å². The van der Waals surface area contributed by atoms with E-state index in [1.54, 1.807) is 0 Å². The maximum atomic E-state index is 11.5. The second-order valence-electron chi connectivity index (χ2n) is 3.77. The number of rotatable bonds is 6. The van der Waals surface area contributed by atoms with Crippen molar-refractivity contribution in [1.29, 1.82) is 0 Å². The van der Waals surface area contributed by atoms with Gasteiger partial charge in [-0.05, 0) is 18.9 Å². The smallest absolute Gasteiger partial charge is 0.358 e. The number of aromatic nitrogens is 2. The fourth-order valence-electron chi connectivity index (χ4n) is 1.29. The van der Waals surface area contributed by atoms with Gasteiger partial charge in [0.05, 0.1) is 6.61 Å². The van der Waals surface area contributed by atoms with Crippen molar-refractivity contribution in [2.24, 2.45) is 0 Å². The zero-order chi connectivity index (χ0) is 12.7. The van der Waals surface area contributed by atoms with Crippen LogP contribution in [-0.2, 0) is 11.3 Å². The lowest BCUT2D eigenvalue weighted by Gasteiger charge is -2.06. The van der Waals surface area contributed by atoms with E-state index in [1.165, 1.54) is 16.8 Å². The molecule has 0 aliphatic carbocycles. The van der Waals surface area contributed by atoms with Gasteiger partial charge in [-0.25, -0.2) is 9.48 Å². The highest BCUT2D eigenvalue weighted by Gasteiger charge is 2.10. The van der Waals surface area contributed by atoms with Gasteiger partial charge in [-0.2, -0.15) is 5.10 Å². The molecule has 0 saturated carbocycles. The van der Waals surface area contributed by atoms with Gasteiger partial charge in [-0.1, -0.05) is 20.3 Å². The molecular weight excluding hydrogens is 220 g/mol. The lowest BCUT2D eigenvalue weighted by Crippen LogP contribution is -2.25. The Bertz CT molecular complexity index is 426. The van der Waals surface area contributed by atoms with Gasteiger partial charge in [-0.15, -0.1) is 0 Å². The number of carbonyl (C=O) groups excluding carboxylic acids is 1. The topological polar surface area (TPSA) is 61.2 Å². The summed E-state index contributed by atoms with van der Waals surface area (Å²) in [7, 11) is 0. The fraction of sp³-hybridized carbons (Fsp3) is 0.583. The summed E-state index contributed by atoms with van der Waals surface area (Å²) in [5.41, 5.74) is -0.000329. The first-order valence-electron chi connectivity index (χ1n) is 5.94. The quantitative estimate of drug-likeness (QED) is 0.706. The summed E-state index contributed by atoms with van der Waals surface area (Å²) in [6, 6.07) is 2.76. The summed E-state index contributed by atoms with van der Waals surface area (Å²) in [5, 5.41) is 3.99. The summed E-state index contributed by atoms with van der Waals surface area (Å²) in [6.07, 6.45) is 2.60. The number of esters is 1. The Morgan fingerprint density at radius 1 is 1.35 bits per heavy atom. The molecule has 0 aromatic carbocycles. The Kier molecular flexibility index (Phi) is 5.39. The van der Waals surface area contributed by atoms with E-state index in [1.807, 2.05) is 13.8 Å². The van der Waals surface area contributed by atoms with Crippen molar-refractivity contribution in [1.82, 2.24) is 9.78 Å². The molecule has 0 aliphatic rings. The van der Waals surface area contributed by atoms with Crippen LogP contribution in [-0.4, -0.2) is 22.4 Å². The highest BCUT2D eigenvalue weighted by Crippen LogP contribution is 1.97. The van der Waals surface area contributed by atoms with Crippen LogP contribution in [0, 0.1) is 0 Å². The summed E-state index contributed by atoms with van der Waals surface area (Å²) < 4.78 is 6.27. The Morgan fingerprint density at radius 3 is 2.76 bits per heavy atom. The number of unbranched alkanes of at least 4 members (excludes halogenated alkanes) is 1. The first kappa shape index (κ1) is 13.4. The van der Waals surface area contributed by atoms with Crippen LogP contribution in [0.25, 0.3) is 0 Å². The second-order valence-corrected chi connectivity index (χ2v) is 3.77. The Hall–Kier alpha value is -1.65. The van der Waals surface area contributed by atoms with E-state index in [9.17, 15) is 9.59 Å². The molecule has 0 saturated heterocycles. The van der Waals surface area contributed by atoms with Crippen molar-refractivity contribution in [2.45, 2.75) is 39.7 Å². The van der Waals surface area contributed by atoms with Crippen molar-refractivity contribution in [3.63, 3.8) is 0 Å². The van der Waals surface area contributed by atoms with E-state index in [4.69, 9.17) is 4.74 Å². The normalized spacial score (nSPS) is 10.2. The number of hydrogen-bond acceptors (Lipinski definition) is 4. The third-order valence-corrected chi connectivity index (χ3v) is 2.24. The predicted molar refractivity (Wildman–Crippen MR) is 64.0 cm³/mol. The zero-order valence-electron chi connectivity index (χ0n) is 10.3. The van der Waals surface area contributed by atoms with E-state index >= 15 is 0 Å². The van der Waals surface area contributed by atoms with Crippen molar-refractivity contribution < 1.29 is 9.53 Å². The molecule has 1 rings (SSSR count). The molecule has 0 aliphatic heterocycles. The van der Waals surface area contributed by atoms with E-state index in [-0.39, 0.29) is 11.3 Å². The highest BCUT2D eigenvalue weighted by molar-refractivity contribution is 5.86. The van der Waals surface area contributed by atoms with Crippen LogP contribution in [0.5, 0.6) is 0 Å². The molecule has 0 spiro atoms. The molecule has 0 unspecified atom stereocenters. The van der Waals surface area contributed by atoms with Crippen molar-refractivity contribution in [3.8, 4) is 0 Å². The molecule has 0 amide bonds. The van der Waals surface area contributed by atoms with E-state index in [2.05, 4.69) is 5.10 Å². The summed E-state index contributed by atoms with van der Waals surface area (Å²) in [5.74, 6) is -0.475. The van der Waals surface area contributed by atoms with Gasteiger partial charge in [0.2, 0.25) is 0 Å². The van der Waals surface area contributed by atoms with Crippen LogP contribution in [0.4, 0.5) is 0 Å². The number of nitrogens with zero attached hydrogens (tertiary/aromatic N) is 2. The van der Waals surface area contributed by atoms with E-state index in [0.29, 0.717) is 13.2 Å². The molecule has 17 heavy (non-hydrogen) atoms. The Labute approximate surface area is 100 Å². The van der Waals surface area contributed by atoms with Gasteiger partial charge in [0, 0.05) is 12.6 Å². The van der Waals surface area contributed by atoms with Crippen LogP contribution in [0.3, 0.4) is 0 Å². The van der Waals surface area contributed by atoms with Gasteiger partial charge in [0.15, 0.2) is 5.69 Å².